The number of thioether (sulfide) groups is 1. The molecule has 1 aliphatic carbocycles. The van der Waals surface area contributed by atoms with E-state index in [4.69, 9.17) is 0 Å². The molecule has 1 aliphatic rings. The Morgan fingerprint density at radius 2 is 2.00 bits per heavy atom. The second-order valence-corrected chi connectivity index (χ2v) is 7.69. The Labute approximate surface area is 129 Å². The van der Waals surface area contributed by atoms with Gasteiger partial charge in [-0.15, -0.1) is 11.3 Å². The number of nitrogens with one attached hydrogen (secondary N) is 1. The van der Waals surface area contributed by atoms with Gasteiger partial charge in [-0.3, -0.25) is 0 Å². The minimum atomic E-state index is 0.717. The predicted molar refractivity (Wildman–Crippen MR) is 91.5 cm³/mol. The molecule has 0 aliphatic heterocycles. The van der Waals surface area contributed by atoms with Crippen LogP contribution in [0.15, 0.2) is 42.5 Å². The molecule has 0 saturated heterocycles. The standard InChI is InChI=1S/C17H21NS2/c1-19-15-8-7-14(11-15)18-12-16-9-10-17(20-16)13-5-3-2-4-6-13/h2-6,9-10,14-15,18H,7-8,11-12H2,1H3. The number of benzene rings is 1. The van der Waals surface area contributed by atoms with Crippen molar-refractivity contribution in [3.05, 3.63) is 47.3 Å². The van der Waals surface area contributed by atoms with Crippen LogP contribution in [0.1, 0.15) is 24.1 Å². The lowest BCUT2D eigenvalue weighted by atomic mass is 10.2. The van der Waals surface area contributed by atoms with Crippen molar-refractivity contribution >= 4 is 23.1 Å². The summed E-state index contributed by atoms with van der Waals surface area (Å²) in [7, 11) is 0. The molecule has 1 aromatic carbocycles. The first-order valence-electron chi connectivity index (χ1n) is 7.25. The quantitative estimate of drug-likeness (QED) is 0.852. The summed E-state index contributed by atoms with van der Waals surface area (Å²) in [5, 5.41) is 4.60. The molecular weight excluding hydrogens is 282 g/mol. The molecule has 1 aromatic heterocycles. The zero-order chi connectivity index (χ0) is 13.8. The lowest BCUT2D eigenvalue weighted by Crippen LogP contribution is -2.25. The summed E-state index contributed by atoms with van der Waals surface area (Å²) in [6.07, 6.45) is 6.28. The van der Waals surface area contributed by atoms with Crippen molar-refractivity contribution in [1.29, 1.82) is 0 Å². The van der Waals surface area contributed by atoms with Crippen LogP contribution in [0, 0.1) is 0 Å². The first-order chi connectivity index (χ1) is 9.85. The Hall–Kier alpha value is -0.770. The molecule has 0 bridgehead atoms. The van der Waals surface area contributed by atoms with Gasteiger partial charge in [0.2, 0.25) is 0 Å². The molecule has 1 N–H and O–H groups in total. The third kappa shape index (κ3) is 3.46. The Balaban J connectivity index is 1.56. The van der Waals surface area contributed by atoms with Crippen LogP contribution >= 0.6 is 23.1 Å². The van der Waals surface area contributed by atoms with Crippen LogP contribution in [-0.2, 0) is 6.54 Å². The summed E-state index contributed by atoms with van der Waals surface area (Å²) < 4.78 is 0. The van der Waals surface area contributed by atoms with Crippen LogP contribution in [0.25, 0.3) is 10.4 Å². The van der Waals surface area contributed by atoms with Gasteiger partial charge in [-0.1, -0.05) is 30.3 Å². The van der Waals surface area contributed by atoms with Crippen LogP contribution in [0.2, 0.25) is 0 Å². The third-order valence-electron chi connectivity index (χ3n) is 4.00. The first-order valence-corrected chi connectivity index (χ1v) is 9.36. The number of rotatable bonds is 5. The fraction of sp³-hybridized carbons (Fsp3) is 0.412. The normalized spacial score (nSPS) is 22.2. The van der Waals surface area contributed by atoms with E-state index in [-0.39, 0.29) is 0 Å². The molecule has 0 radical (unpaired) electrons. The van der Waals surface area contributed by atoms with Crippen molar-refractivity contribution in [3.63, 3.8) is 0 Å². The van der Waals surface area contributed by atoms with E-state index in [0.717, 1.165) is 17.8 Å². The molecule has 1 fully saturated rings. The first kappa shape index (κ1) is 14.2. The van der Waals surface area contributed by atoms with E-state index in [1.807, 2.05) is 23.1 Å². The molecule has 2 aromatic rings. The summed E-state index contributed by atoms with van der Waals surface area (Å²) in [5.74, 6) is 0. The summed E-state index contributed by atoms with van der Waals surface area (Å²) in [5.41, 5.74) is 1.33. The lowest BCUT2D eigenvalue weighted by molar-refractivity contribution is 0.528. The van der Waals surface area contributed by atoms with Gasteiger partial charge in [0.25, 0.3) is 0 Å². The van der Waals surface area contributed by atoms with Crippen LogP contribution < -0.4 is 5.32 Å². The maximum Gasteiger partial charge on any atom is 0.0346 e. The van der Waals surface area contributed by atoms with Crippen molar-refractivity contribution in [3.8, 4) is 10.4 Å². The third-order valence-corrected chi connectivity index (χ3v) is 6.23. The number of hydrogen-bond acceptors (Lipinski definition) is 3. The molecule has 1 heterocycles. The highest BCUT2D eigenvalue weighted by Crippen LogP contribution is 2.30. The maximum absolute atomic E-state index is 3.72. The number of thiophene rings is 1. The molecule has 3 heteroatoms. The van der Waals surface area contributed by atoms with Crippen molar-refractivity contribution < 1.29 is 0 Å². The molecule has 2 unspecified atom stereocenters. The second-order valence-electron chi connectivity index (χ2n) is 5.38. The van der Waals surface area contributed by atoms with E-state index >= 15 is 0 Å². The van der Waals surface area contributed by atoms with E-state index in [9.17, 15) is 0 Å². The Morgan fingerprint density at radius 1 is 1.15 bits per heavy atom. The maximum atomic E-state index is 3.72. The van der Waals surface area contributed by atoms with Crippen LogP contribution in [0.4, 0.5) is 0 Å². The lowest BCUT2D eigenvalue weighted by Gasteiger charge is -2.11. The largest absolute Gasteiger partial charge is 0.309 e. The summed E-state index contributed by atoms with van der Waals surface area (Å²) in [6.45, 7) is 1.02. The van der Waals surface area contributed by atoms with Crippen LogP contribution in [0.5, 0.6) is 0 Å². The van der Waals surface area contributed by atoms with Gasteiger partial charge in [0.15, 0.2) is 0 Å². The van der Waals surface area contributed by atoms with Crippen molar-refractivity contribution in [2.45, 2.75) is 37.1 Å². The van der Waals surface area contributed by atoms with Crippen molar-refractivity contribution in [2.24, 2.45) is 0 Å². The van der Waals surface area contributed by atoms with Gasteiger partial charge in [-0.2, -0.15) is 11.8 Å². The Morgan fingerprint density at radius 3 is 2.75 bits per heavy atom. The monoisotopic (exact) mass is 303 g/mol. The van der Waals surface area contributed by atoms with E-state index in [1.165, 1.54) is 34.6 Å². The minimum absolute atomic E-state index is 0.717. The summed E-state index contributed by atoms with van der Waals surface area (Å²) in [6, 6.07) is 15.9. The highest BCUT2D eigenvalue weighted by atomic mass is 32.2. The zero-order valence-corrected chi connectivity index (χ0v) is 13.5. The van der Waals surface area contributed by atoms with E-state index in [1.54, 1.807) is 0 Å². The van der Waals surface area contributed by atoms with Gasteiger partial charge in [0.05, 0.1) is 0 Å². The van der Waals surface area contributed by atoms with E-state index in [0.29, 0.717) is 0 Å². The van der Waals surface area contributed by atoms with Crippen molar-refractivity contribution in [1.82, 2.24) is 5.32 Å². The average Bonchev–Trinajstić information content (AvgIpc) is 3.15. The van der Waals surface area contributed by atoms with Gasteiger partial charge in [0, 0.05) is 27.6 Å². The summed E-state index contributed by atoms with van der Waals surface area (Å²) >= 11 is 3.93. The van der Waals surface area contributed by atoms with Gasteiger partial charge < -0.3 is 5.32 Å². The van der Waals surface area contributed by atoms with Gasteiger partial charge in [0.1, 0.15) is 0 Å². The molecule has 1 nitrogen and oxygen atoms in total. The molecule has 1 saturated carbocycles. The molecule has 106 valence electrons. The van der Waals surface area contributed by atoms with Gasteiger partial charge in [-0.25, -0.2) is 0 Å². The highest BCUT2D eigenvalue weighted by Gasteiger charge is 2.23. The van der Waals surface area contributed by atoms with E-state index < -0.39 is 0 Å². The fourth-order valence-corrected chi connectivity index (χ4v) is 4.58. The SMILES string of the molecule is CSC1CCC(NCc2ccc(-c3ccccc3)s2)C1. The van der Waals surface area contributed by atoms with Gasteiger partial charge in [-0.05, 0) is 43.2 Å². The Bertz CT molecular complexity index is 535. The molecule has 0 spiro atoms. The second kappa shape index (κ2) is 6.79. The Kier molecular flexibility index (Phi) is 4.81. The van der Waals surface area contributed by atoms with Gasteiger partial charge >= 0.3 is 0 Å². The smallest absolute Gasteiger partial charge is 0.0346 e. The van der Waals surface area contributed by atoms with Crippen molar-refractivity contribution in [2.75, 3.05) is 6.26 Å². The highest BCUT2D eigenvalue weighted by molar-refractivity contribution is 7.99. The van der Waals surface area contributed by atoms with Crippen LogP contribution in [0.3, 0.4) is 0 Å². The topological polar surface area (TPSA) is 12.0 Å². The molecule has 3 rings (SSSR count). The zero-order valence-electron chi connectivity index (χ0n) is 11.8. The number of hydrogen-bond donors (Lipinski definition) is 1. The fourth-order valence-electron chi connectivity index (χ4n) is 2.82. The van der Waals surface area contributed by atoms with Crippen LogP contribution in [-0.4, -0.2) is 17.5 Å². The predicted octanol–water partition coefficient (Wildman–Crippen LogP) is 4.79. The molecule has 20 heavy (non-hydrogen) atoms. The molecule has 0 amide bonds. The average molecular weight is 303 g/mol. The molecule has 2 atom stereocenters. The minimum Gasteiger partial charge on any atom is -0.309 e. The summed E-state index contributed by atoms with van der Waals surface area (Å²) in [4.78, 5) is 2.81. The van der Waals surface area contributed by atoms with E-state index in [2.05, 4.69) is 54.0 Å². The molecular formula is C17H21NS2.